The third-order valence-electron chi connectivity index (χ3n) is 3.45. The maximum absolute atomic E-state index is 5.85. The van der Waals surface area contributed by atoms with Gasteiger partial charge in [0.1, 0.15) is 5.75 Å². The zero-order valence-corrected chi connectivity index (χ0v) is 11.6. The second-order valence-electron chi connectivity index (χ2n) is 4.83. The van der Waals surface area contributed by atoms with E-state index >= 15 is 0 Å². The molecule has 1 saturated heterocycles. The zero-order chi connectivity index (χ0) is 13.5. The van der Waals surface area contributed by atoms with Gasteiger partial charge in [-0.15, -0.1) is 0 Å². The Hall–Kier alpha value is -1.10. The molecule has 0 radical (unpaired) electrons. The molecule has 1 aliphatic rings. The van der Waals surface area contributed by atoms with Gasteiger partial charge in [0.2, 0.25) is 0 Å². The molecular weight excluding hydrogens is 240 g/mol. The molecule has 2 rings (SSSR count). The molecule has 2 atom stereocenters. The van der Waals surface area contributed by atoms with E-state index in [1.165, 1.54) is 12.0 Å². The number of rotatable bonds is 7. The lowest BCUT2D eigenvalue weighted by atomic mass is 10.1. The quantitative estimate of drug-likeness (QED) is 0.789. The van der Waals surface area contributed by atoms with E-state index in [-0.39, 0.29) is 6.04 Å². The van der Waals surface area contributed by atoms with E-state index in [0.29, 0.717) is 19.3 Å². The molecule has 0 bridgehead atoms. The molecule has 0 aromatic heterocycles. The van der Waals surface area contributed by atoms with Gasteiger partial charge < -0.3 is 20.5 Å². The Morgan fingerprint density at radius 3 is 2.79 bits per heavy atom. The molecule has 2 unspecified atom stereocenters. The summed E-state index contributed by atoms with van der Waals surface area (Å²) >= 11 is 0. The van der Waals surface area contributed by atoms with Gasteiger partial charge in [-0.3, -0.25) is 0 Å². The highest BCUT2D eigenvalue weighted by molar-refractivity contribution is 5.29. The van der Waals surface area contributed by atoms with Crippen molar-refractivity contribution in [3.63, 3.8) is 0 Å². The number of hydrogen-bond donors (Lipinski definition) is 2. The first-order valence-electron chi connectivity index (χ1n) is 7.11. The first kappa shape index (κ1) is 14.3. The van der Waals surface area contributed by atoms with Crippen LogP contribution in [0, 0.1) is 0 Å². The summed E-state index contributed by atoms with van der Waals surface area (Å²) in [6.07, 6.45) is 2.66. The summed E-state index contributed by atoms with van der Waals surface area (Å²) in [5, 5.41) is 3.49. The van der Waals surface area contributed by atoms with Crippen LogP contribution in [0.5, 0.6) is 5.75 Å². The van der Waals surface area contributed by atoms with Crippen molar-refractivity contribution in [2.75, 3.05) is 26.3 Å². The fourth-order valence-electron chi connectivity index (χ4n) is 2.38. The van der Waals surface area contributed by atoms with Crippen molar-refractivity contribution in [2.45, 2.75) is 31.9 Å². The Morgan fingerprint density at radius 1 is 1.42 bits per heavy atom. The lowest BCUT2D eigenvalue weighted by Crippen LogP contribution is -2.34. The summed E-state index contributed by atoms with van der Waals surface area (Å²) in [6.45, 7) is 5.02. The summed E-state index contributed by atoms with van der Waals surface area (Å²) in [5.41, 5.74) is 7.05. The van der Waals surface area contributed by atoms with Gasteiger partial charge in [-0.2, -0.15) is 0 Å². The molecule has 106 valence electrons. The summed E-state index contributed by atoms with van der Waals surface area (Å²) in [6, 6.07) is 8.32. The third-order valence-corrected chi connectivity index (χ3v) is 3.45. The van der Waals surface area contributed by atoms with Gasteiger partial charge in [-0.05, 0) is 37.5 Å². The van der Waals surface area contributed by atoms with Crippen LogP contribution in [0.3, 0.4) is 0 Å². The highest BCUT2D eigenvalue weighted by Gasteiger charge is 2.17. The van der Waals surface area contributed by atoms with Crippen molar-refractivity contribution in [1.29, 1.82) is 0 Å². The van der Waals surface area contributed by atoms with Crippen LogP contribution in [0.2, 0.25) is 0 Å². The highest BCUT2D eigenvalue weighted by Crippen LogP contribution is 2.18. The Morgan fingerprint density at radius 2 is 2.21 bits per heavy atom. The van der Waals surface area contributed by atoms with Gasteiger partial charge >= 0.3 is 0 Å². The molecule has 1 aromatic rings. The predicted molar refractivity (Wildman–Crippen MR) is 76.4 cm³/mol. The first-order chi connectivity index (χ1) is 9.33. The summed E-state index contributed by atoms with van der Waals surface area (Å²) < 4.78 is 11.1. The molecular formula is C15H24N2O2. The van der Waals surface area contributed by atoms with E-state index < -0.39 is 0 Å². The molecule has 0 aliphatic carbocycles. The van der Waals surface area contributed by atoms with E-state index in [2.05, 4.69) is 17.4 Å². The third kappa shape index (κ3) is 4.20. The van der Waals surface area contributed by atoms with Crippen LogP contribution in [0.15, 0.2) is 24.3 Å². The van der Waals surface area contributed by atoms with E-state index in [0.717, 1.165) is 25.3 Å². The maximum Gasteiger partial charge on any atom is 0.119 e. The largest absolute Gasteiger partial charge is 0.494 e. The SMILES string of the molecule is CCOc1ccc(C(CN)NCC2CCCO2)cc1. The minimum Gasteiger partial charge on any atom is -0.494 e. The standard InChI is InChI=1S/C15H24N2O2/c1-2-18-13-7-5-12(6-8-13)15(10-16)17-11-14-4-3-9-19-14/h5-8,14-15,17H,2-4,9-11,16H2,1H3. The molecule has 4 nitrogen and oxygen atoms in total. The van der Waals surface area contributed by atoms with Crippen LogP contribution in [-0.4, -0.2) is 32.4 Å². The topological polar surface area (TPSA) is 56.5 Å². The monoisotopic (exact) mass is 264 g/mol. The van der Waals surface area contributed by atoms with Crippen molar-refractivity contribution in [2.24, 2.45) is 5.73 Å². The van der Waals surface area contributed by atoms with Gasteiger partial charge in [-0.1, -0.05) is 12.1 Å². The molecule has 0 spiro atoms. The van der Waals surface area contributed by atoms with Crippen LogP contribution in [-0.2, 0) is 4.74 Å². The normalized spacial score (nSPS) is 20.4. The first-order valence-corrected chi connectivity index (χ1v) is 7.11. The predicted octanol–water partition coefficient (Wildman–Crippen LogP) is 1.85. The molecule has 1 heterocycles. The molecule has 4 heteroatoms. The highest BCUT2D eigenvalue weighted by atomic mass is 16.5. The van der Waals surface area contributed by atoms with Crippen LogP contribution in [0.1, 0.15) is 31.4 Å². The number of nitrogens with one attached hydrogen (secondary N) is 1. The summed E-state index contributed by atoms with van der Waals surface area (Å²) in [7, 11) is 0. The van der Waals surface area contributed by atoms with Crippen molar-refractivity contribution in [3.05, 3.63) is 29.8 Å². The molecule has 1 aliphatic heterocycles. The van der Waals surface area contributed by atoms with E-state index in [9.17, 15) is 0 Å². The Bertz CT molecular complexity index is 361. The van der Waals surface area contributed by atoms with Crippen LogP contribution in [0.25, 0.3) is 0 Å². The van der Waals surface area contributed by atoms with Crippen LogP contribution >= 0.6 is 0 Å². The Balaban J connectivity index is 1.88. The molecule has 1 fully saturated rings. The van der Waals surface area contributed by atoms with E-state index in [1.807, 2.05) is 19.1 Å². The smallest absolute Gasteiger partial charge is 0.119 e. The minimum absolute atomic E-state index is 0.180. The van der Waals surface area contributed by atoms with Crippen molar-refractivity contribution >= 4 is 0 Å². The Kier molecular flexibility index (Phi) is 5.63. The Labute approximate surface area is 115 Å². The molecule has 1 aromatic carbocycles. The van der Waals surface area contributed by atoms with Crippen molar-refractivity contribution in [1.82, 2.24) is 5.32 Å². The van der Waals surface area contributed by atoms with Crippen molar-refractivity contribution in [3.8, 4) is 5.75 Å². The van der Waals surface area contributed by atoms with Crippen molar-refractivity contribution < 1.29 is 9.47 Å². The fourth-order valence-corrected chi connectivity index (χ4v) is 2.38. The lowest BCUT2D eigenvalue weighted by molar-refractivity contribution is 0.107. The molecule has 0 amide bonds. The number of benzene rings is 1. The zero-order valence-electron chi connectivity index (χ0n) is 11.6. The second kappa shape index (κ2) is 7.48. The average Bonchev–Trinajstić information content (AvgIpc) is 2.95. The van der Waals surface area contributed by atoms with Gasteiger partial charge in [0.15, 0.2) is 0 Å². The fraction of sp³-hybridized carbons (Fsp3) is 0.600. The minimum atomic E-state index is 0.180. The van der Waals surface area contributed by atoms with Gasteiger partial charge in [0.05, 0.1) is 12.7 Å². The average molecular weight is 264 g/mol. The van der Waals surface area contributed by atoms with Gasteiger partial charge in [-0.25, -0.2) is 0 Å². The summed E-state index contributed by atoms with van der Waals surface area (Å²) in [4.78, 5) is 0. The molecule has 3 N–H and O–H groups in total. The van der Waals surface area contributed by atoms with Crippen LogP contribution < -0.4 is 15.8 Å². The number of nitrogens with two attached hydrogens (primary N) is 1. The second-order valence-corrected chi connectivity index (χ2v) is 4.83. The maximum atomic E-state index is 5.85. The molecule has 19 heavy (non-hydrogen) atoms. The number of hydrogen-bond acceptors (Lipinski definition) is 4. The van der Waals surface area contributed by atoms with E-state index in [4.69, 9.17) is 15.2 Å². The van der Waals surface area contributed by atoms with Gasteiger partial charge in [0, 0.05) is 25.7 Å². The molecule has 0 saturated carbocycles. The number of ether oxygens (including phenoxy) is 2. The van der Waals surface area contributed by atoms with E-state index in [1.54, 1.807) is 0 Å². The van der Waals surface area contributed by atoms with Gasteiger partial charge in [0.25, 0.3) is 0 Å². The summed E-state index contributed by atoms with van der Waals surface area (Å²) in [5.74, 6) is 0.904. The lowest BCUT2D eigenvalue weighted by Gasteiger charge is -2.20. The van der Waals surface area contributed by atoms with Crippen LogP contribution in [0.4, 0.5) is 0 Å².